The van der Waals surface area contributed by atoms with Gasteiger partial charge in [-0.2, -0.15) is 5.10 Å². The molecule has 0 saturated heterocycles. The van der Waals surface area contributed by atoms with Crippen LogP contribution in [0.4, 0.5) is 0 Å². The van der Waals surface area contributed by atoms with Crippen molar-refractivity contribution in [2.75, 3.05) is 6.54 Å². The van der Waals surface area contributed by atoms with Gasteiger partial charge in [0.2, 0.25) is 5.91 Å². The predicted octanol–water partition coefficient (Wildman–Crippen LogP) is 2.08. The number of hydrogen-bond donors (Lipinski definition) is 2. The number of carboxylic acids is 1. The summed E-state index contributed by atoms with van der Waals surface area (Å²) < 4.78 is 6.69. The van der Waals surface area contributed by atoms with E-state index in [0.29, 0.717) is 38.0 Å². The zero-order valence-electron chi connectivity index (χ0n) is 15.2. The number of carbonyl (C=O) groups excluding carboxylic acids is 1. The summed E-state index contributed by atoms with van der Waals surface area (Å²) in [5.74, 6) is -0.353. The van der Waals surface area contributed by atoms with Crippen molar-refractivity contribution >= 4 is 11.9 Å². The number of amides is 1. The molecule has 3 aromatic rings. The molecule has 3 heterocycles. The number of carboxylic acid groups (broad SMARTS) is 1. The number of pyridine rings is 1. The molecule has 0 unspecified atom stereocenters. The molecule has 1 aliphatic rings. The van der Waals surface area contributed by atoms with Gasteiger partial charge < -0.3 is 14.8 Å². The highest BCUT2D eigenvalue weighted by Gasteiger charge is 2.28. The Morgan fingerprint density at radius 3 is 2.96 bits per heavy atom. The van der Waals surface area contributed by atoms with Crippen LogP contribution in [0, 0.1) is 0 Å². The van der Waals surface area contributed by atoms with Crippen LogP contribution in [0.15, 0.2) is 41.3 Å². The first kappa shape index (κ1) is 18.0. The summed E-state index contributed by atoms with van der Waals surface area (Å²) in [6.45, 7) is 0.600. The molecule has 2 N–H and O–H groups in total. The first-order valence-corrected chi connectivity index (χ1v) is 9.19. The number of fused-ring (bicyclic) bond motifs is 3. The second kappa shape index (κ2) is 7.67. The molecule has 0 radical (unpaired) electrons. The van der Waals surface area contributed by atoms with Crippen molar-refractivity contribution in [1.82, 2.24) is 20.1 Å². The molecule has 0 bridgehead atoms. The van der Waals surface area contributed by atoms with Gasteiger partial charge in [0, 0.05) is 42.9 Å². The van der Waals surface area contributed by atoms with Crippen molar-refractivity contribution in [3.63, 3.8) is 0 Å². The molecule has 3 aromatic heterocycles. The van der Waals surface area contributed by atoms with E-state index in [0.717, 1.165) is 28.9 Å². The van der Waals surface area contributed by atoms with Gasteiger partial charge in [-0.05, 0) is 36.6 Å². The zero-order chi connectivity index (χ0) is 19.5. The molecule has 0 fully saturated rings. The van der Waals surface area contributed by atoms with Crippen LogP contribution in [-0.4, -0.2) is 38.3 Å². The Morgan fingerprint density at radius 1 is 1.29 bits per heavy atom. The molecule has 1 aliphatic carbocycles. The van der Waals surface area contributed by atoms with Crippen LogP contribution in [0.3, 0.4) is 0 Å². The largest absolute Gasteiger partial charge is 0.477 e. The summed E-state index contributed by atoms with van der Waals surface area (Å²) in [6.07, 6.45) is 7.27. The number of aryl methyl sites for hydroxylation is 2. The van der Waals surface area contributed by atoms with E-state index in [-0.39, 0.29) is 11.6 Å². The van der Waals surface area contributed by atoms with E-state index in [9.17, 15) is 14.7 Å². The number of furan rings is 1. The minimum Gasteiger partial charge on any atom is -0.477 e. The number of aromatic carboxylic acids is 1. The number of rotatable bonds is 7. The Morgan fingerprint density at radius 2 is 2.18 bits per heavy atom. The highest BCUT2D eigenvalue weighted by atomic mass is 16.4. The highest BCUT2D eigenvalue weighted by molar-refractivity contribution is 5.90. The smallest absolute Gasteiger partial charge is 0.354 e. The normalized spacial score (nSPS) is 12.3. The molecule has 8 nitrogen and oxygen atoms in total. The molecular formula is C20H20N4O4. The Hall–Kier alpha value is -3.42. The summed E-state index contributed by atoms with van der Waals surface area (Å²) in [5, 5.41) is 17.0. The van der Waals surface area contributed by atoms with Gasteiger partial charge in [-0.25, -0.2) is 4.79 Å². The van der Waals surface area contributed by atoms with Crippen molar-refractivity contribution in [3.8, 4) is 11.3 Å². The van der Waals surface area contributed by atoms with Gasteiger partial charge in [0.05, 0.1) is 18.5 Å². The molecule has 0 spiro atoms. The van der Waals surface area contributed by atoms with E-state index < -0.39 is 5.97 Å². The summed E-state index contributed by atoms with van der Waals surface area (Å²) >= 11 is 0. The lowest BCUT2D eigenvalue weighted by Crippen LogP contribution is -2.28. The third-order valence-electron chi connectivity index (χ3n) is 4.88. The zero-order valence-corrected chi connectivity index (χ0v) is 15.2. The van der Waals surface area contributed by atoms with Crippen molar-refractivity contribution in [3.05, 3.63) is 59.4 Å². The number of hydrogen-bond acceptors (Lipinski definition) is 5. The molecule has 28 heavy (non-hydrogen) atoms. The Bertz CT molecular complexity index is 1010. The van der Waals surface area contributed by atoms with Crippen molar-refractivity contribution in [1.29, 1.82) is 0 Å². The van der Waals surface area contributed by atoms with Crippen LogP contribution in [-0.2, 0) is 30.6 Å². The lowest BCUT2D eigenvalue weighted by atomic mass is 9.90. The average Bonchev–Trinajstić information content (AvgIpc) is 3.33. The van der Waals surface area contributed by atoms with Crippen LogP contribution in [0.2, 0.25) is 0 Å². The molecule has 0 aromatic carbocycles. The van der Waals surface area contributed by atoms with E-state index in [1.54, 1.807) is 24.7 Å². The van der Waals surface area contributed by atoms with Gasteiger partial charge in [0.25, 0.3) is 0 Å². The molecular weight excluding hydrogens is 360 g/mol. The molecule has 0 saturated carbocycles. The van der Waals surface area contributed by atoms with Gasteiger partial charge in [0.15, 0.2) is 0 Å². The SMILES string of the molecule is O=C(CCc1ccco1)NCCn1nc2c(c1C(=O)O)CCc1cnccc1-2. The summed E-state index contributed by atoms with van der Waals surface area (Å²) in [6, 6.07) is 5.48. The minimum atomic E-state index is -1.00. The number of carbonyl (C=O) groups is 2. The van der Waals surface area contributed by atoms with Gasteiger partial charge in [-0.15, -0.1) is 0 Å². The topological polar surface area (TPSA) is 110 Å². The number of nitrogens with zero attached hydrogens (tertiary/aromatic N) is 3. The standard InChI is InChI=1S/C20H20N4O4/c25-17(6-4-14-2-1-11-28-14)22-9-10-24-19(20(26)27)16-5-3-13-12-21-8-7-15(13)18(16)23-24/h1-2,7-8,11-12H,3-6,9-10H2,(H,22,25)(H,26,27). The van der Waals surface area contributed by atoms with E-state index in [2.05, 4.69) is 15.4 Å². The maximum atomic E-state index is 12.0. The fourth-order valence-electron chi connectivity index (χ4n) is 3.55. The van der Waals surface area contributed by atoms with Crippen LogP contribution in [0.5, 0.6) is 0 Å². The highest BCUT2D eigenvalue weighted by Crippen LogP contribution is 2.33. The third-order valence-corrected chi connectivity index (χ3v) is 4.88. The molecule has 1 amide bonds. The van der Waals surface area contributed by atoms with E-state index >= 15 is 0 Å². The molecule has 4 rings (SSSR count). The monoisotopic (exact) mass is 380 g/mol. The second-order valence-electron chi connectivity index (χ2n) is 6.67. The van der Waals surface area contributed by atoms with Crippen molar-refractivity contribution in [2.24, 2.45) is 0 Å². The van der Waals surface area contributed by atoms with Gasteiger partial charge in [0.1, 0.15) is 11.5 Å². The van der Waals surface area contributed by atoms with E-state index in [4.69, 9.17) is 4.42 Å². The lowest BCUT2D eigenvalue weighted by molar-refractivity contribution is -0.121. The lowest BCUT2D eigenvalue weighted by Gasteiger charge is -2.14. The predicted molar refractivity (Wildman–Crippen MR) is 99.9 cm³/mol. The summed E-state index contributed by atoms with van der Waals surface area (Å²) in [5.41, 5.74) is 3.64. The second-order valence-corrected chi connectivity index (χ2v) is 6.67. The number of aromatic nitrogens is 3. The van der Waals surface area contributed by atoms with Crippen LogP contribution >= 0.6 is 0 Å². The first-order chi connectivity index (χ1) is 13.6. The number of nitrogens with one attached hydrogen (secondary N) is 1. The molecule has 8 heteroatoms. The summed E-state index contributed by atoms with van der Waals surface area (Å²) in [7, 11) is 0. The maximum Gasteiger partial charge on any atom is 0.354 e. The maximum absolute atomic E-state index is 12.0. The fourth-order valence-corrected chi connectivity index (χ4v) is 3.55. The Labute approximate surface area is 161 Å². The van der Waals surface area contributed by atoms with Crippen molar-refractivity contribution in [2.45, 2.75) is 32.2 Å². The Balaban J connectivity index is 1.44. The quantitative estimate of drug-likeness (QED) is 0.649. The van der Waals surface area contributed by atoms with E-state index in [1.807, 2.05) is 12.1 Å². The van der Waals surface area contributed by atoms with Crippen LogP contribution in [0.25, 0.3) is 11.3 Å². The van der Waals surface area contributed by atoms with E-state index in [1.165, 1.54) is 4.68 Å². The average molecular weight is 380 g/mol. The van der Waals surface area contributed by atoms with Gasteiger partial charge in [-0.1, -0.05) is 0 Å². The van der Waals surface area contributed by atoms with Crippen LogP contribution < -0.4 is 5.32 Å². The van der Waals surface area contributed by atoms with Gasteiger partial charge in [-0.3, -0.25) is 14.5 Å². The minimum absolute atomic E-state index is 0.110. The molecule has 144 valence electrons. The van der Waals surface area contributed by atoms with Crippen LogP contribution in [0.1, 0.15) is 33.8 Å². The summed E-state index contributed by atoms with van der Waals surface area (Å²) in [4.78, 5) is 28.0. The molecule has 0 aliphatic heterocycles. The molecule has 0 atom stereocenters. The first-order valence-electron chi connectivity index (χ1n) is 9.19. The van der Waals surface area contributed by atoms with Crippen molar-refractivity contribution < 1.29 is 19.1 Å². The van der Waals surface area contributed by atoms with Gasteiger partial charge >= 0.3 is 5.97 Å². The third kappa shape index (κ3) is 3.53. The fraction of sp³-hybridized carbons (Fsp3) is 0.300. The Kier molecular flexibility index (Phi) is 4.92.